The van der Waals surface area contributed by atoms with Crippen LogP contribution < -0.4 is 0 Å². The van der Waals surface area contributed by atoms with Crippen LogP contribution in [0.1, 0.15) is 68.2 Å². The van der Waals surface area contributed by atoms with Crippen molar-refractivity contribution in [3.63, 3.8) is 0 Å². The first kappa shape index (κ1) is 17.7. The molecular weight excluding hydrogens is 290 g/mol. The van der Waals surface area contributed by atoms with E-state index < -0.39 is 0 Å². The predicted molar refractivity (Wildman–Crippen MR) is 93.0 cm³/mol. The summed E-state index contributed by atoms with van der Waals surface area (Å²) in [5, 5.41) is 0. The Kier molecular flexibility index (Phi) is 5.92. The van der Waals surface area contributed by atoms with Gasteiger partial charge in [0.2, 0.25) is 0 Å². The molecule has 0 aliphatic rings. The lowest BCUT2D eigenvalue weighted by Gasteiger charge is -2.16. The summed E-state index contributed by atoms with van der Waals surface area (Å²) in [6.45, 7) is 8.08. The van der Waals surface area contributed by atoms with E-state index in [1.165, 1.54) is 6.07 Å². The molecule has 0 aliphatic heterocycles. The maximum absolute atomic E-state index is 14.3. The molecule has 0 nitrogen and oxygen atoms in total. The summed E-state index contributed by atoms with van der Waals surface area (Å²) in [7, 11) is 0. The first-order valence-corrected chi connectivity index (χ1v) is 8.49. The maximum Gasteiger partial charge on any atom is 0.126 e. The van der Waals surface area contributed by atoms with Gasteiger partial charge in [0, 0.05) is 0 Å². The molecule has 0 bridgehead atoms. The van der Waals surface area contributed by atoms with E-state index in [-0.39, 0.29) is 23.5 Å². The SMILES string of the molecule is CCCc1ccc(C(C)Cc2ccc(F)c(C(C)C)c2)c(F)c1. The Labute approximate surface area is 138 Å². The van der Waals surface area contributed by atoms with E-state index in [0.29, 0.717) is 6.42 Å². The molecule has 0 radical (unpaired) electrons. The third kappa shape index (κ3) is 4.40. The van der Waals surface area contributed by atoms with Crippen LogP contribution in [0.2, 0.25) is 0 Å². The van der Waals surface area contributed by atoms with Gasteiger partial charge in [0.25, 0.3) is 0 Å². The Morgan fingerprint density at radius 2 is 1.52 bits per heavy atom. The molecule has 0 spiro atoms. The lowest BCUT2D eigenvalue weighted by atomic mass is 9.90. The van der Waals surface area contributed by atoms with Crippen molar-refractivity contribution in [3.05, 3.63) is 70.3 Å². The molecule has 0 amide bonds. The minimum Gasteiger partial charge on any atom is -0.207 e. The third-order valence-corrected chi connectivity index (χ3v) is 4.36. The Morgan fingerprint density at radius 1 is 0.826 bits per heavy atom. The van der Waals surface area contributed by atoms with E-state index in [1.807, 2.05) is 39.0 Å². The van der Waals surface area contributed by atoms with Crippen LogP contribution in [0.5, 0.6) is 0 Å². The van der Waals surface area contributed by atoms with Gasteiger partial charge in [-0.15, -0.1) is 0 Å². The van der Waals surface area contributed by atoms with E-state index in [2.05, 4.69) is 6.92 Å². The van der Waals surface area contributed by atoms with Gasteiger partial charge >= 0.3 is 0 Å². The van der Waals surface area contributed by atoms with Crippen molar-refractivity contribution in [2.45, 2.75) is 58.8 Å². The largest absolute Gasteiger partial charge is 0.207 e. The van der Waals surface area contributed by atoms with Crippen LogP contribution in [0, 0.1) is 11.6 Å². The molecule has 0 fully saturated rings. The second kappa shape index (κ2) is 7.72. The highest BCUT2D eigenvalue weighted by atomic mass is 19.1. The van der Waals surface area contributed by atoms with Crippen molar-refractivity contribution in [2.24, 2.45) is 0 Å². The van der Waals surface area contributed by atoms with Crippen molar-refractivity contribution < 1.29 is 8.78 Å². The summed E-state index contributed by atoms with van der Waals surface area (Å²) in [5.41, 5.74) is 3.57. The predicted octanol–water partition coefficient (Wildman–Crippen LogP) is 6.39. The number of halogens is 2. The summed E-state index contributed by atoms with van der Waals surface area (Å²) in [6, 6.07) is 10.8. The number of aryl methyl sites for hydroxylation is 1. The monoisotopic (exact) mass is 316 g/mol. The molecule has 1 unspecified atom stereocenters. The Hall–Kier alpha value is -1.70. The van der Waals surface area contributed by atoms with Crippen molar-refractivity contribution >= 4 is 0 Å². The van der Waals surface area contributed by atoms with Gasteiger partial charge in [-0.1, -0.05) is 58.4 Å². The van der Waals surface area contributed by atoms with Crippen LogP contribution in [-0.2, 0) is 12.8 Å². The van der Waals surface area contributed by atoms with E-state index in [0.717, 1.165) is 35.1 Å². The fourth-order valence-corrected chi connectivity index (χ4v) is 3.04. The van der Waals surface area contributed by atoms with Crippen molar-refractivity contribution in [2.75, 3.05) is 0 Å². The van der Waals surface area contributed by atoms with Crippen molar-refractivity contribution in [3.8, 4) is 0 Å². The second-order valence-corrected chi connectivity index (χ2v) is 6.72. The minimum atomic E-state index is -0.161. The van der Waals surface area contributed by atoms with Gasteiger partial charge in [-0.3, -0.25) is 0 Å². The summed E-state index contributed by atoms with van der Waals surface area (Å²) < 4.78 is 28.1. The molecule has 2 aromatic carbocycles. The fraction of sp³-hybridized carbons (Fsp3) is 0.429. The number of rotatable bonds is 6. The summed E-state index contributed by atoms with van der Waals surface area (Å²) in [6.07, 6.45) is 2.63. The van der Waals surface area contributed by atoms with Crippen LogP contribution in [0.15, 0.2) is 36.4 Å². The quantitative estimate of drug-likeness (QED) is 0.579. The van der Waals surface area contributed by atoms with Gasteiger partial charge in [0.05, 0.1) is 0 Å². The molecule has 2 aromatic rings. The van der Waals surface area contributed by atoms with Crippen LogP contribution in [0.3, 0.4) is 0 Å². The molecule has 1 atom stereocenters. The second-order valence-electron chi connectivity index (χ2n) is 6.72. The van der Waals surface area contributed by atoms with Crippen LogP contribution in [-0.4, -0.2) is 0 Å². The molecule has 0 aromatic heterocycles. The normalized spacial score (nSPS) is 12.7. The van der Waals surface area contributed by atoms with E-state index in [1.54, 1.807) is 12.1 Å². The maximum atomic E-state index is 14.3. The highest BCUT2D eigenvalue weighted by molar-refractivity contribution is 5.31. The van der Waals surface area contributed by atoms with E-state index in [4.69, 9.17) is 0 Å². The lowest BCUT2D eigenvalue weighted by molar-refractivity contribution is 0.582. The molecule has 0 aliphatic carbocycles. The number of hydrogen-bond donors (Lipinski definition) is 0. The summed E-state index contributed by atoms with van der Waals surface area (Å²) >= 11 is 0. The topological polar surface area (TPSA) is 0 Å². The van der Waals surface area contributed by atoms with Gasteiger partial charge in [-0.2, -0.15) is 0 Å². The van der Waals surface area contributed by atoms with Gasteiger partial charge in [-0.05, 0) is 59.1 Å². The van der Waals surface area contributed by atoms with Crippen LogP contribution in [0.4, 0.5) is 8.78 Å². The molecular formula is C21H26F2. The Bertz CT molecular complexity index is 659. The fourth-order valence-electron chi connectivity index (χ4n) is 3.04. The standard InChI is InChI=1S/C21H26F2/c1-5-6-16-7-9-18(21(23)13-16)15(4)11-17-8-10-20(22)19(12-17)14(2)3/h7-10,12-15H,5-6,11H2,1-4H3. The molecule has 23 heavy (non-hydrogen) atoms. The smallest absolute Gasteiger partial charge is 0.126 e. The van der Waals surface area contributed by atoms with Gasteiger partial charge in [-0.25, -0.2) is 8.78 Å². The van der Waals surface area contributed by atoms with E-state index >= 15 is 0 Å². The van der Waals surface area contributed by atoms with Crippen LogP contribution >= 0.6 is 0 Å². The zero-order chi connectivity index (χ0) is 17.0. The highest BCUT2D eigenvalue weighted by Gasteiger charge is 2.14. The molecule has 2 rings (SSSR count). The van der Waals surface area contributed by atoms with Crippen molar-refractivity contribution in [1.82, 2.24) is 0 Å². The first-order chi connectivity index (χ1) is 10.9. The molecule has 0 saturated carbocycles. The zero-order valence-electron chi connectivity index (χ0n) is 14.5. The Morgan fingerprint density at radius 3 is 2.13 bits per heavy atom. The van der Waals surface area contributed by atoms with Gasteiger partial charge < -0.3 is 0 Å². The average molecular weight is 316 g/mol. The van der Waals surface area contributed by atoms with Gasteiger partial charge in [0.15, 0.2) is 0 Å². The summed E-state index contributed by atoms with van der Waals surface area (Å²) in [5.74, 6) is -0.0763. The lowest BCUT2D eigenvalue weighted by Crippen LogP contribution is -2.04. The van der Waals surface area contributed by atoms with Crippen LogP contribution in [0.25, 0.3) is 0 Å². The molecule has 124 valence electrons. The Balaban J connectivity index is 2.19. The molecule has 0 heterocycles. The van der Waals surface area contributed by atoms with Crippen molar-refractivity contribution in [1.29, 1.82) is 0 Å². The summed E-state index contributed by atoms with van der Waals surface area (Å²) in [4.78, 5) is 0. The first-order valence-electron chi connectivity index (χ1n) is 8.49. The highest BCUT2D eigenvalue weighted by Crippen LogP contribution is 2.27. The molecule has 2 heteroatoms. The third-order valence-electron chi connectivity index (χ3n) is 4.36. The molecule has 0 N–H and O–H groups in total. The number of hydrogen-bond acceptors (Lipinski definition) is 0. The molecule has 0 saturated heterocycles. The zero-order valence-corrected chi connectivity index (χ0v) is 14.5. The average Bonchev–Trinajstić information content (AvgIpc) is 2.49. The minimum absolute atomic E-state index is 0.0659. The number of benzene rings is 2. The van der Waals surface area contributed by atoms with Gasteiger partial charge in [0.1, 0.15) is 11.6 Å². The van der Waals surface area contributed by atoms with E-state index in [9.17, 15) is 8.78 Å².